The van der Waals surface area contributed by atoms with Crippen LogP contribution in [0, 0.1) is 0 Å². The highest BCUT2D eigenvalue weighted by Gasteiger charge is 1.94. The summed E-state index contributed by atoms with van der Waals surface area (Å²) in [5.74, 6) is -0.455. The predicted molar refractivity (Wildman–Crippen MR) is 50.8 cm³/mol. The van der Waals surface area contributed by atoms with E-state index in [1.807, 2.05) is 12.1 Å². The minimum absolute atomic E-state index is 0.455. The Morgan fingerprint density at radius 3 is 2.85 bits per heavy atom. The lowest BCUT2D eigenvalue weighted by Crippen LogP contribution is -1.91. The van der Waals surface area contributed by atoms with Crippen molar-refractivity contribution < 1.29 is 9.63 Å². The van der Waals surface area contributed by atoms with E-state index in [9.17, 15) is 4.79 Å². The molecule has 0 radical (unpaired) electrons. The Morgan fingerprint density at radius 1 is 1.54 bits per heavy atom. The molecule has 13 heavy (non-hydrogen) atoms. The van der Waals surface area contributed by atoms with Crippen LogP contribution >= 0.6 is 11.6 Å². The number of carbonyl (C=O) groups is 1. The van der Waals surface area contributed by atoms with Gasteiger partial charge in [-0.25, -0.2) is 4.79 Å². The molecule has 0 unspecified atom stereocenters. The summed E-state index contributed by atoms with van der Waals surface area (Å²) in [5, 5.41) is 4.01. The molecular weight excluding hydrogens is 190 g/mol. The van der Waals surface area contributed by atoms with Crippen molar-refractivity contribution in [3.8, 4) is 0 Å². The van der Waals surface area contributed by atoms with E-state index in [0.29, 0.717) is 10.6 Å². The molecule has 0 aliphatic carbocycles. The van der Waals surface area contributed by atoms with Crippen LogP contribution in [-0.4, -0.2) is 12.2 Å². The van der Waals surface area contributed by atoms with Crippen LogP contribution in [0.5, 0.6) is 0 Å². The smallest absolute Gasteiger partial charge is 0.319 e. The van der Waals surface area contributed by atoms with E-state index in [2.05, 4.69) is 9.99 Å². The lowest BCUT2D eigenvalue weighted by atomic mass is 10.2. The monoisotopic (exact) mass is 197 g/mol. The number of oxime groups is 1. The van der Waals surface area contributed by atoms with Gasteiger partial charge in [0.25, 0.3) is 0 Å². The van der Waals surface area contributed by atoms with Gasteiger partial charge in [-0.15, -0.1) is 0 Å². The summed E-state index contributed by atoms with van der Waals surface area (Å²) >= 11 is 5.81. The summed E-state index contributed by atoms with van der Waals surface area (Å²) in [6.07, 6.45) is 1.39. The van der Waals surface area contributed by atoms with Crippen molar-refractivity contribution >= 4 is 23.8 Å². The second-order valence-electron chi connectivity index (χ2n) is 2.34. The molecule has 0 amide bonds. The fourth-order valence-corrected chi connectivity index (χ4v) is 0.922. The van der Waals surface area contributed by atoms with Crippen molar-refractivity contribution in [2.24, 2.45) is 5.16 Å². The van der Waals surface area contributed by atoms with E-state index < -0.39 is 5.97 Å². The van der Waals surface area contributed by atoms with Crippen molar-refractivity contribution in [2.75, 3.05) is 0 Å². The molecule has 1 aromatic rings. The molecule has 0 aliphatic heterocycles. The quantitative estimate of drug-likeness (QED) is 0.414. The summed E-state index contributed by atoms with van der Waals surface area (Å²) < 4.78 is 0. The second-order valence-corrected chi connectivity index (χ2v) is 2.75. The van der Waals surface area contributed by atoms with Crippen LogP contribution in [0.2, 0.25) is 5.02 Å². The Bertz CT molecular complexity index is 336. The van der Waals surface area contributed by atoms with Crippen LogP contribution in [0.15, 0.2) is 29.4 Å². The third kappa shape index (κ3) is 3.25. The minimum Gasteiger partial charge on any atom is -0.319 e. The van der Waals surface area contributed by atoms with Crippen molar-refractivity contribution in [2.45, 2.75) is 6.92 Å². The maximum absolute atomic E-state index is 10.3. The average Bonchev–Trinajstić information content (AvgIpc) is 2.08. The van der Waals surface area contributed by atoms with Crippen molar-refractivity contribution in [1.29, 1.82) is 0 Å². The zero-order valence-corrected chi connectivity index (χ0v) is 7.78. The molecule has 4 heteroatoms. The minimum atomic E-state index is -0.455. The van der Waals surface area contributed by atoms with Gasteiger partial charge in [0.05, 0.1) is 6.21 Å². The average molecular weight is 198 g/mol. The second kappa shape index (κ2) is 4.62. The molecule has 68 valence electrons. The SMILES string of the molecule is CC(=O)ON=Cc1ccccc1Cl. The zero-order chi connectivity index (χ0) is 9.68. The van der Waals surface area contributed by atoms with Crippen molar-refractivity contribution in [1.82, 2.24) is 0 Å². The molecule has 0 atom stereocenters. The van der Waals surface area contributed by atoms with Gasteiger partial charge in [-0.3, -0.25) is 0 Å². The van der Waals surface area contributed by atoms with Crippen LogP contribution in [0.3, 0.4) is 0 Å². The maximum Gasteiger partial charge on any atom is 0.331 e. The number of halogens is 1. The van der Waals surface area contributed by atoms with E-state index in [1.165, 1.54) is 13.1 Å². The van der Waals surface area contributed by atoms with Gasteiger partial charge >= 0.3 is 5.97 Å². The number of hydrogen-bond acceptors (Lipinski definition) is 3. The molecule has 1 aromatic carbocycles. The maximum atomic E-state index is 10.3. The molecule has 0 bridgehead atoms. The summed E-state index contributed by atoms with van der Waals surface area (Å²) in [5.41, 5.74) is 0.713. The van der Waals surface area contributed by atoms with Crippen molar-refractivity contribution in [3.63, 3.8) is 0 Å². The van der Waals surface area contributed by atoms with Gasteiger partial charge in [0.15, 0.2) is 0 Å². The molecule has 0 heterocycles. The van der Waals surface area contributed by atoms with E-state index in [1.54, 1.807) is 12.1 Å². The number of hydrogen-bond donors (Lipinski definition) is 0. The predicted octanol–water partition coefficient (Wildman–Crippen LogP) is 2.24. The van der Waals surface area contributed by atoms with Gasteiger partial charge in [0.2, 0.25) is 0 Å². The van der Waals surface area contributed by atoms with Crippen LogP contribution in [-0.2, 0) is 9.63 Å². The summed E-state index contributed by atoms with van der Waals surface area (Å²) in [6.45, 7) is 1.28. The Morgan fingerprint density at radius 2 is 2.23 bits per heavy atom. The van der Waals surface area contributed by atoms with E-state index in [0.717, 1.165) is 0 Å². The largest absolute Gasteiger partial charge is 0.331 e. The molecule has 1 rings (SSSR count). The lowest BCUT2D eigenvalue weighted by molar-refractivity contribution is -0.140. The topological polar surface area (TPSA) is 38.7 Å². The lowest BCUT2D eigenvalue weighted by Gasteiger charge is -1.94. The first-order valence-corrected chi connectivity index (χ1v) is 4.03. The first-order valence-electron chi connectivity index (χ1n) is 3.65. The van der Waals surface area contributed by atoms with Crippen LogP contribution < -0.4 is 0 Å². The van der Waals surface area contributed by atoms with Crippen molar-refractivity contribution in [3.05, 3.63) is 34.9 Å². The molecule has 0 aromatic heterocycles. The molecule has 0 spiro atoms. The molecule has 0 saturated carbocycles. The third-order valence-electron chi connectivity index (χ3n) is 1.28. The summed E-state index contributed by atoms with van der Waals surface area (Å²) in [6, 6.07) is 7.14. The Labute approximate surface area is 81.0 Å². The first-order chi connectivity index (χ1) is 6.20. The highest BCUT2D eigenvalue weighted by Crippen LogP contribution is 2.12. The van der Waals surface area contributed by atoms with Crippen LogP contribution in [0.4, 0.5) is 0 Å². The highest BCUT2D eigenvalue weighted by atomic mass is 35.5. The van der Waals surface area contributed by atoms with Gasteiger partial charge in [-0.2, -0.15) is 0 Å². The first kappa shape index (κ1) is 9.74. The van der Waals surface area contributed by atoms with E-state index in [-0.39, 0.29) is 0 Å². The third-order valence-corrected chi connectivity index (χ3v) is 1.62. The Balaban J connectivity index is 2.68. The summed E-state index contributed by atoms with van der Waals surface area (Å²) in [4.78, 5) is 14.7. The Hall–Kier alpha value is -1.35. The molecular formula is C9H8ClNO2. The number of nitrogens with zero attached hydrogens (tertiary/aromatic N) is 1. The standard InChI is InChI=1S/C9H8ClNO2/c1-7(12)13-11-6-8-4-2-3-5-9(8)10/h2-6H,1H3. The van der Waals surface area contributed by atoms with Gasteiger partial charge < -0.3 is 4.84 Å². The zero-order valence-electron chi connectivity index (χ0n) is 7.03. The van der Waals surface area contributed by atoms with Gasteiger partial charge in [0.1, 0.15) is 0 Å². The molecule has 0 saturated heterocycles. The number of benzene rings is 1. The van der Waals surface area contributed by atoms with Gasteiger partial charge in [-0.1, -0.05) is 35.0 Å². The molecule has 0 fully saturated rings. The van der Waals surface area contributed by atoms with Gasteiger partial charge in [-0.05, 0) is 6.07 Å². The molecule has 0 N–H and O–H groups in total. The fourth-order valence-electron chi connectivity index (χ4n) is 0.737. The van der Waals surface area contributed by atoms with Crippen LogP contribution in [0.25, 0.3) is 0 Å². The normalized spacial score (nSPS) is 10.3. The van der Waals surface area contributed by atoms with E-state index >= 15 is 0 Å². The molecule has 3 nitrogen and oxygen atoms in total. The highest BCUT2D eigenvalue weighted by molar-refractivity contribution is 6.33. The Kier molecular flexibility index (Phi) is 3.46. The van der Waals surface area contributed by atoms with Crippen LogP contribution in [0.1, 0.15) is 12.5 Å². The fraction of sp³-hybridized carbons (Fsp3) is 0.111. The van der Waals surface area contributed by atoms with Gasteiger partial charge in [0, 0.05) is 17.5 Å². The van der Waals surface area contributed by atoms with E-state index in [4.69, 9.17) is 11.6 Å². The number of rotatable bonds is 2. The summed E-state index contributed by atoms with van der Waals surface area (Å²) in [7, 11) is 0. The molecule has 0 aliphatic rings. The number of carbonyl (C=O) groups excluding carboxylic acids is 1.